The maximum atomic E-state index is 12.6. The lowest BCUT2D eigenvalue weighted by Gasteiger charge is -2.13. The number of benzene rings is 1. The van der Waals surface area contributed by atoms with Crippen molar-refractivity contribution >= 4 is 17.5 Å². The molecule has 2 aromatic rings. The molecule has 1 aromatic carbocycles. The Labute approximate surface area is 145 Å². The molecule has 2 N–H and O–H groups in total. The van der Waals surface area contributed by atoms with Crippen molar-refractivity contribution in [2.45, 2.75) is 6.18 Å². The van der Waals surface area contributed by atoms with E-state index in [9.17, 15) is 22.8 Å². The summed E-state index contributed by atoms with van der Waals surface area (Å²) in [6.45, 7) is -0.434. The van der Waals surface area contributed by atoms with Crippen molar-refractivity contribution < 1.29 is 27.9 Å². The van der Waals surface area contributed by atoms with Gasteiger partial charge in [0.1, 0.15) is 5.70 Å². The van der Waals surface area contributed by atoms with Crippen LogP contribution < -0.4 is 5.32 Å². The molecule has 2 heterocycles. The van der Waals surface area contributed by atoms with E-state index in [4.69, 9.17) is 5.11 Å². The first kappa shape index (κ1) is 17.7. The Bertz CT molecular complexity index is 872. The quantitative estimate of drug-likeness (QED) is 0.784. The zero-order chi connectivity index (χ0) is 18.9. The third kappa shape index (κ3) is 3.45. The zero-order valence-corrected chi connectivity index (χ0v) is 13.2. The monoisotopic (exact) mass is 366 g/mol. The van der Waals surface area contributed by atoms with Crippen molar-refractivity contribution in [1.82, 2.24) is 14.7 Å². The van der Waals surface area contributed by atoms with Gasteiger partial charge in [-0.05, 0) is 24.3 Å². The minimum atomic E-state index is -4.47. The van der Waals surface area contributed by atoms with Crippen molar-refractivity contribution in [1.29, 1.82) is 0 Å². The number of nitrogens with zero attached hydrogens (tertiary/aromatic N) is 3. The Balaban J connectivity index is 1.73. The molecule has 2 amide bonds. The second-order valence-electron chi connectivity index (χ2n) is 5.42. The lowest BCUT2D eigenvalue weighted by Crippen LogP contribution is -2.34. The molecule has 26 heavy (non-hydrogen) atoms. The lowest BCUT2D eigenvalue weighted by molar-refractivity contribution is -0.138. The van der Waals surface area contributed by atoms with Crippen LogP contribution in [0.4, 0.5) is 18.9 Å². The number of halogens is 3. The first-order chi connectivity index (χ1) is 12.3. The highest BCUT2D eigenvalue weighted by Gasteiger charge is 2.32. The fourth-order valence-corrected chi connectivity index (χ4v) is 2.37. The van der Waals surface area contributed by atoms with E-state index >= 15 is 0 Å². The van der Waals surface area contributed by atoms with Gasteiger partial charge in [0.05, 0.1) is 30.6 Å². The van der Waals surface area contributed by atoms with Crippen LogP contribution in [-0.4, -0.2) is 44.8 Å². The smallest absolute Gasteiger partial charge is 0.395 e. The number of rotatable bonds is 5. The van der Waals surface area contributed by atoms with Gasteiger partial charge in [-0.2, -0.15) is 18.3 Å². The predicted molar refractivity (Wildman–Crippen MR) is 84.1 cm³/mol. The molecule has 1 aliphatic rings. The number of hydrogen-bond donors (Lipinski definition) is 2. The van der Waals surface area contributed by atoms with E-state index in [0.29, 0.717) is 11.4 Å². The Morgan fingerprint density at radius 1 is 1.15 bits per heavy atom. The second-order valence-corrected chi connectivity index (χ2v) is 5.42. The predicted octanol–water partition coefficient (Wildman–Crippen LogP) is 1.55. The molecule has 10 heteroatoms. The summed E-state index contributed by atoms with van der Waals surface area (Å²) in [4.78, 5) is 24.6. The van der Waals surface area contributed by atoms with E-state index in [1.807, 2.05) is 0 Å². The Morgan fingerprint density at radius 3 is 2.42 bits per heavy atom. The normalized spacial score (nSPS) is 14.8. The average Bonchev–Trinajstić information content (AvgIpc) is 3.17. The van der Waals surface area contributed by atoms with E-state index in [2.05, 4.69) is 10.4 Å². The Kier molecular flexibility index (Phi) is 4.51. The number of alkyl halides is 3. The number of hydrogen-bond acceptors (Lipinski definition) is 5. The minimum Gasteiger partial charge on any atom is -0.395 e. The van der Waals surface area contributed by atoms with Gasteiger partial charge in [0.25, 0.3) is 11.8 Å². The standard InChI is InChI=1S/C16H13F3N4O3/c17-16(18,19)10-8-20-23(9-10)12-3-1-11(2-4-12)21-13-7-14(25)22(5-6-24)15(13)26/h1-4,7-9,21,24H,5-6H2. The third-order valence-electron chi connectivity index (χ3n) is 3.65. The third-order valence-corrected chi connectivity index (χ3v) is 3.65. The van der Waals surface area contributed by atoms with Gasteiger partial charge in [0.15, 0.2) is 0 Å². The van der Waals surface area contributed by atoms with Crippen molar-refractivity contribution in [3.8, 4) is 5.69 Å². The summed E-state index contributed by atoms with van der Waals surface area (Å²) in [6, 6.07) is 6.11. The molecule has 0 saturated heterocycles. The van der Waals surface area contributed by atoms with E-state index in [0.717, 1.165) is 28.1 Å². The van der Waals surface area contributed by atoms with Crippen LogP contribution in [-0.2, 0) is 15.8 Å². The van der Waals surface area contributed by atoms with E-state index in [-0.39, 0.29) is 18.8 Å². The van der Waals surface area contributed by atoms with Gasteiger partial charge >= 0.3 is 6.18 Å². The summed E-state index contributed by atoms with van der Waals surface area (Å²) in [5.41, 5.74) is 0.0597. The number of anilines is 1. The van der Waals surface area contributed by atoms with Crippen molar-refractivity contribution in [2.24, 2.45) is 0 Å². The maximum Gasteiger partial charge on any atom is 0.419 e. The maximum absolute atomic E-state index is 12.6. The number of carbonyl (C=O) groups excluding carboxylic acids is 2. The topological polar surface area (TPSA) is 87.5 Å². The number of nitrogens with one attached hydrogen (secondary N) is 1. The highest BCUT2D eigenvalue weighted by atomic mass is 19.4. The van der Waals surface area contributed by atoms with E-state index in [1.165, 1.54) is 24.3 Å². The van der Waals surface area contributed by atoms with Crippen LogP contribution in [0.5, 0.6) is 0 Å². The minimum absolute atomic E-state index is 0.0506. The summed E-state index contributed by atoms with van der Waals surface area (Å²) >= 11 is 0. The van der Waals surface area contributed by atoms with Gasteiger partial charge in [-0.3, -0.25) is 14.5 Å². The van der Waals surface area contributed by atoms with Crippen LogP contribution in [0.2, 0.25) is 0 Å². The Hall–Kier alpha value is -3.14. The SMILES string of the molecule is O=C1C=C(Nc2ccc(-n3cc(C(F)(F)F)cn3)cc2)C(=O)N1CCO. The van der Waals surface area contributed by atoms with E-state index in [1.54, 1.807) is 0 Å². The average molecular weight is 366 g/mol. The number of imide groups is 1. The summed E-state index contributed by atoms with van der Waals surface area (Å²) in [6.07, 6.45) is -1.75. The van der Waals surface area contributed by atoms with Gasteiger partial charge in [-0.1, -0.05) is 0 Å². The molecule has 0 bridgehead atoms. The molecule has 0 aliphatic carbocycles. The molecular formula is C16H13F3N4O3. The van der Waals surface area contributed by atoms with Crippen LogP contribution in [0, 0.1) is 0 Å². The number of amides is 2. The fraction of sp³-hybridized carbons (Fsp3) is 0.188. The molecule has 7 nitrogen and oxygen atoms in total. The molecule has 0 radical (unpaired) electrons. The van der Waals surface area contributed by atoms with Gasteiger partial charge < -0.3 is 10.4 Å². The number of aromatic nitrogens is 2. The summed E-state index contributed by atoms with van der Waals surface area (Å²) in [5.74, 6) is -1.09. The molecule has 136 valence electrons. The second kappa shape index (κ2) is 6.64. The summed E-state index contributed by atoms with van der Waals surface area (Å²) in [5, 5.41) is 15.3. The van der Waals surface area contributed by atoms with Crippen LogP contribution in [0.3, 0.4) is 0 Å². The van der Waals surface area contributed by atoms with Crippen LogP contribution in [0.1, 0.15) is 5.56 Å². The van der Waals surface area contributed by atoms with Crippen LogP contribution in [0.25, 0.3) is 5.69 Å². The van der Waals surface area contributed by atoms with Crippen LogP contribution >= 0.6 is 0 Å². The molecule has 0 atom stereocenters. The molecule has 0 spiro atoms. The molecule has 1 aliphatic heterocycles. The van der Waals surface area contributed by atoms with Gasteiger partial charge in [-0.15, -0.1) is 0 Å². The van der Waals surface area contributed by atoms with Crippen molar-refractivity contribution in [2.75, 3.05) is 18.5 Å². The van der Waals surface area contributed by atoms with Gasteiger partial charge in [0.2, 0.25) is 0 Å². The highest BCUT2D eigenvalue weighted by molar-refractivity contribution is 6.17. The molecule has 3 rings (SSSR count). The number of β-amino-alcohol motifs (C(OH)–C–C–N with tert-alkyl or cyclic N) is 1. The first-order valence-corrected chi connectivity index (χ1v) is 7.47. The number of aliphatic hydroxyl groups is 1. The van der Waals surface area contributed by atoms with Gasteiger partial charge in [0, 0.05) is 18.0 Å². The first-order valence-electron chi connectivity index (χ1n) is 7.47. The van der Waals surface area contributed by atoms with Crippen molar-refractivity contribution in [3.63, 3.8) is 0 Å². The summed E-state index contributed by atoms with van der Waals surface area (Å²) < 4.78 is 38.9. The molecule has 0 fully saturated rings. The molecule has 1 aromatic heterocycles. The van der Waals surface area contributed by atoms with Gasteiger partial charge in [-0.25, -0.2) is 4.68 Å². The van der Waals surface area contributed by atoms with Crippen molar-refractivity contribution in [3.05, 3.63) is 54.0 Å². The molecular weight excluding hydrogens is 353 g/mol. The largest absolute Gasteiger partial charge is 0.419 e. The number of aliphatic hydroxyl groups excluding tert-OH is 1. The fourth-order valence-electron chi connectivity index (χ4n) is 2.37. The molecule has 0 saturated carbocycles. The lowest BCUT2D eigenvalue weighted by atomic mass is 10.2. The van der Waals surface area contributed by atoms with Crippen LogP contribution in [0.15, 0.2) is 48.4 Å². The molecule has 0 unspecified atom stereocenters. The summed E-state index contributed by atoms with van der Waals surface area (Å²) in [7, 11) is 0. The number of carbonyl (C=O) groups is 2. The Morgan fingerprint density at radius 2 is 1.85 bits per heavy atom. The zero-order valence-electron chi connectivity index (χ0n) is 13.2. The highest BCUT2D eigenvalue weighted by Crippen LogP contribution is 2.29. The van der Waals surface area contributed by atoms with E-state index < -0.39 is 23.6 Å².